The molecule has 0 atom stereocenters. The van der Waals surface area contributed by atoms with E-state index in [0.29, 0.717) is 51.9 Å². The molecule has 0 saturated carbocycles. The molecule has 0 aromatic carbocycles. The van der Waals surface area contributed by atoms with E-state index in [1.54, 1.807) is 21.6 Å². The minimum Gasteiger partial charge on any atom is -0.481 e. The van der Waals surface area contributed by atoms with Gasteiger partial charge in [-0.2, -0.15) is 0 Å². The molecule has 0 spiro atoms. The summed E-state index contributed by atoms with van der Waals surface area (Å²) in [7, 11) is 3.19. The molecule has 0 aliphatic carbocycles. The lowest BCUT2D eigenvalue weighted by Crippen LogP contribution is -2.13. The van der Waals surface area contributed by atoms with Crippen LogP contribution in [0.2, 0.25) is 0 Å². The van der Waals surface area contributed by atoms with Gasteiger partial charge in [-0.25, -0.2) is 0 Å². The highest BCUT2D eigenvalue weighted by molar-refractivity contribution is 8.76. The van der Waals surface area contributed by atoms with Gasteiger partial charge in [0.2, 0.25) is 0 Å². The number of rotatable bonds is 15. The molecular weight excluding hydrogens is 290 g/mol. The Labute approximate surface area is 122 Å². The summed E-state index contributed by atoms with van der Waals surface area (Å²) in [5, 5.41) is 8.43. The average molecular weight is 313 g/mol. The normalized spacial score (nSPS) is 10.8. The van der Waals surface area contributed by atoms with Gasteiger partial charge in [-0.05, 0) is 0 Å². The third-order valence-electron chi connectivity index (χ3n) is 1.80. The second-order valence-electron chi connectivity index (χ2n) is 3.41. The highest BCUT2D eigenvalue weighted by atomic mass is 33.1. The third-order valence-corrected chi connectivity index (χ3v) is 4.17. The molecule has 0 amide bonds. The molecular formula is C11H23NO5S2. The van der Waals surface area contributed by atoms with Crippen molar-refractivity contribution in [3.63, 3.8) is 0 Å². The van der Waals surface area contributed by atoms with Crippen LogP contribution < -0.4 is 5.73 Å². The Bertz CT molecular complexity index is 210. The standard InChI is InChI=1S/C11H23NO5S2/c12-2-3-15-4-5-16-6-7-17-8-10-19-18-9-1-11(13)14/h1-10,12H2,(H,13,14). The van der Waals surface area contributed by atoms with Crippen LogP contribution in [0.25, 0.3) is 0 Å². The maximum Gasteiger partial charge on any atom is 0.304 e. The van der Waals surface area contributed by atoms with E-state index in [2.05, 4.69) is 0 Å². The fourth-order valence-electron chi connectivity index (χ4n) is 0.965. The van der Waals surface area contributed by atoms with Gasteiger partial charge in [0, 0.05) is 18.1 Å². The SMILES string of the molecule is NCCOCCOCCOCCSSCCC(=O)O. The predicted octanol–water partition coefficient (Wildman–Crippen LogP) is 0.851. The van der Waals surface area contributed by atoms with Crippen molar-refractivity contribution in [2.24, 2.45) is 5.73 Å². The fraction of sp³-hybridized carbons (Fsp3) is 0.909. The molecule has 6 nitrogen and oxygen atoms in total. The zero-order chi connectivity index (χ0) is 14.2. The minimum absolute atomic E-state index is 0.207. The Balaban J connectivity index is 2.93. The summed E-state index contributed by atoms with van der Waals surface area (Å²) < 4.78 is 15.8. The van der Waals surface area contributed by atoms with Crippen LogP contribution in [0.3, 0.4) is 0 Å². The maximum atomic E-state index is 10.2. The summed E-state index contributed by atoms with van der Waals surface area (Å²) in [4.78, 5) is 10.2. The quantitative estimate of drug-likeness (QED) is 0.340. The number of hydrogen-bond donors (Lipinski definition) is 2. The van der Waals surface area contributed by atoms with E-state index in [1.807, 2.05) is 0 Å². The van der Waals surface area contributed by atoms with E-state index in [0.717, 1.165) is 5.75 Å². The Kier molecular flexibility index (Phi) is 16.1. The van der Waals surface area contributed by atoms with Gasteiger partial charge in [-0.1, -0.05) is 21.6 Å². The molecule has 0 fully saturated rings. The monoisotopic (exact) mass is 313 g/mol. The Hall–Kier alpha value is 0.01000. The van der Waals surface area contributed by atoms with Gasteiger partial charge in [0.05, 0.1) is 46.1 Å². The van der Waals surface area contributed by atoms with Gasteiger partial charge >= 0.3 is 5.97 Å². The number of carboxylic acids is 1. The Morgan fingerprint density at radius 2 is 1.42 bits per heavy atom. The van der Waals surface area contributed by atoms with Gasteiger partial charge in [0.1, 0.15) is 0 Å². The zero-order valence-electron chi connectivity index (χ0n) is 11.0. The summed E-state index contributed by atoms with van der Waals surface area (Å²) >= 11 is 0. The van der Waals surface area contributed by atoms with Crippen molar-refractivity contribution in [2.45, 2.75) is 6.42 Å². The van der Waals surface area contributed by atoms with Crippen molar-refractivity contribution in [1.29, 1.82) is 0 Å². The van der Waals surface area contributed by atoms with Crippen LogP contribution >= 0.6 is 21.6 Å². The van der Waals surface area contributed by atoms with E-state index in [1.165, 1.54) is 0 Å². The first-order valence-corrected chi connectivity index (χ1v) is 8.65. The number of ether oxygens (including phenoxy) is 3. The van der Waals surface area contributed by atoms with Crippen molar-refractivity contribution in [1.82, 2.24) is 0 Å². The molecule has 0 radical (unpaired) electrons. The van der Waals surface area contributed by atoms with Crippen molar-refractivity contribution < 1.29 is 24.1 Å². The summed E-state index contributed by atoms with van der Waals surface area (Å²) in [6.07, 6.45) is 0.207. The smallest absolute Gasteiger partial charge is 0.304 e. The Morgan fingerprint density at radius 1 is 0.895 bits per heavy atom. The van der Waals surface area contributed by atoms with Crippen LogP contribution in [0.5, 0.6) is 0 Å². The molecule has 114 valence electrons. The molecule has 0 rings (SSSR count). The maximum absolute atomic E-state index is 10.2. The molecule has 0 unspecified atom stereocenters. The van der Waals surface area contributed by atoms with Crippen LogP contribution in [0.1, 0.15) is 6.42 Å². The van der Waals surface area contributed by atoms with Crippen LogP contribution in [-0.2, 0) is 19.0 Å². The number of carboxylic acid groups (broad SMARTS) is 1. The molecule has 0 heterocycles. The summed E-state index contributed by atoms with van der Waals surface area (Å²) in [5.74, 6) is 0.729. The molecule has 0 aliphatic rings. The van der Waals surface area contributed by atoms with E-state index in [9.17, 15) is 4.79 Å². The van der Waals surface area contributed by atoms with Gasteiger partial charge < -0.3 is 25.1 Å². The summed E-state index contributed by atoms with van der Waals surface area (Å²) in [5.41, 5.74) is 5.26. The van der Waals surface area contributed by atoms with Crippen LogP contribution in [-0.4, -0.2) is 68.8 Å². The van der Waals surface area contributed by atoms with Crippen molar-refractivity contribution in [3.8, 4) is 0 Å². The van der Waals surface area contributed by atoms with Crippen molar-refractivity contribution in [3.05, 3.63) is 0 Å². The predicted molar refractivity (Wildman–Crippen MR) is 78.7 cm³/mol. The van der Waals surface area contributed by atoms with Crippen LogP contribution in [0.15, 0.2) is 0 Å². The van der Waals surface area contributed by atoms with Crippen LogP contribution in [0, 0.1) is 0 Å². The average Bonchev–Trinajstić information content (AvgIpc) is 2.39. The Morgan fingerprint density at radius 3 is 2.00 bits per heavy atom. The third kappa shape index (κ3) is 18.0. The van der Waals surface area contributed by atoms with Crippen molar-refractivity contribution in [2.75, 3.05) is 57.7 Å². The molecule has 0 bridgehead atoms. The molecule has 3 N–H and O–H groups in total. The number of aliphatic carboxylic acids is 1. The molecule has 8 heteroatoms. The van der Waals surface area contributed by atoms with E-state index < -0.39 is 5.97 Å². The molecule has 0 saturated heterocycles. The first-order valence-electron chi connectivity index (χ1n) is 6.17. The first kappa shape index (κ1) is 19.0. The second kappa shape index (κ2) is 16.1. The number of hydrogen-bond acceptors (Lipinski definition) is 7. The van der Waals surface area contributed by atoms with E-state index in [-0.39, 0.29) is 6.42 Å². The highest BCUT2D eigenvalue weighted by Gasteiger charge is 1.97. The topological polar surface area (TPSA) is 91.0 Å². The van der Waals surface area contributed by atoms with E-state index in [4.69, 9.17) is 25.1 Å². The molecule has 0 aromatic heterocycles. The highest BCUT2D eigenvalue weighted by Crippen LogP contribution is 2.21. The number of carbonyl (C=O) groups is 1. The molecule has 0 aromatic rings. The van der Waals surface area contributed by atoms with Crippen molar-refractivity contribution >= 4 is 27.6 Å². The molecule has 0 aliphatic heterocycles. The first-order chi connectivity index (χ1) is 9.27. The second-order valence-corrected chi connectivity index (χ2v) is 6.12. The van der Waals surface area contributed by atoms with Crippen LogP contribution in [0.4, 0.5) is 0 Å². The van der Waals surface area contributed by atoms with Gasteiger partial charge in [-0.15, -0.1) is 0 Å². The fourth-order valence-corrected chi connectivity index (χ4v) is 2.81. The van der Waals surface area contributed by atoms with Gasteiger partial charge in [0.15, 0.2) is 0 Å². The van der Waals surface area contributed by atoms with E-state index >= 15 is 0 Å². The molecule has 19 heavy (non-hydrogen) atoms. The minimum atomic E-state index is -0.753. The zero-order valence-corrected chi connectivity index (χ0v) is 12.7. The lowest BCUT2D eigenvalue weighted by atomic mass is 10.5. The number of nitrogens with two attached hydrogens (primary N) is 1. The summed E-state index contributed by atoms with van der Waals surface area (Å²) in [6.45, 7) is 4.00. The lowest BCUT2D eigenvalue weighted by Gasteiger charge is -2.06. The van der Waals surface area contributed by atoms with Gasteiger partial charge in [-0.3, -0.25) is 4.79 Å². The lowest BCUT2D eigenvalue weighted by molar-refractivity contribution is -0.136. The summed E-state index contributed by atoms with van der Waals surface area (Å²) in [6, 6.07) is 0. The largest absolute Gasteiger partial charge is 0.481 e. The van der Waals surface area contributed by atoms with Gasteiger partial charge in [0.25, 0.3) is 0 Å².